The van der Waals surface area contributed by atoms with Crippen molar-refractivity contribution < 1.29 is 5.11 Å². The van der Waals surface area contributed by atoms with Gasteiger partial charge in [-0.1, -0.05) is 46.3 Å². The molecule has 0 saturated carbocycles. The van der Waals surface area contributed by atoms with E-state index in [9.17, 15) is 5.11 Å². The number of amidine groups is 1. The van der Waals surface area contributed by atoms with Crippen LogP contribution in [-0.2, 0) is 0 Å². The Kier molecular flexibility index (Phi) is 4.00. The van der Waals surface area contributed by atoms with Crippen molar-refractivity contribution in [2.75, 3.05) is 24.6 Å². The number of benzene rings is 2. The third-order valence-corrected chi connectivity index (χ3v) is 4.57. The second-order valence-corrected chi connectivity index (χ2v) is 6.53. The standard InChI is InChI=1S/C18H15BrN4O/c19-13-6-7-16-15(8-13)18(12-4-2-1-3-5-12)20-9-17-22-21-14(11-24)10-23(16)17/h1-8,24H,9-11H2. The van der Waals surface area contributed by atoms with Gasteiger partial charge in [-0.05, 0) is 18.2 Å². The maximum absolute atomic E-state index is 9.41. The van der Waals surface area contributed by atoms with Gasteiger partial charge in [-0.2, -0.15) is 5.10 Å². The molecule has 0 fully saturated rings. The monoisotopic (exact) mass is 382 g/mol. The van der Waals surface area contributed by atoms with E-state index in [1.54, 1.807) is 0 Å². The maximum Gasteiger partial charge on any atom is 0.154 e. The van der Waals surface area contributed by atoms with Crippen molar-refractivity contribution in [3.63, 3.8) is 0 Å². The zero-order valence-electron chi connectivity index (χ0n) is 12.9. The largest absolute Gasteiger partial charge is 0.390 e. The first-order valence-corrected chi connectivity index (χ1v) is 8.46. The van der Waals surface area contributed by atoms with Crippen LogP contribution in [0.3, 0.4) is 0 Å². The molecule has 0 aromatic heterocycles. The van der Waals surface area contributed by atoms with Gasteiger partial charge in [0.25, 0.3) is 0 Å². The highest BCUT2D eigenvalue weighted by Crippen LogP contribution is 2.30. The molecule has 24 heavy (non-hydrogen) atoms. The first-order valence-electron chi connectivity index (χ1n) is 7.67. The second kappa shape index (κ2) is 6.30. The molecule has 0 amide bonds. The highest BCUT2D eigenvalue weighted by molar-refractivity contribution is 9.10. The van der Waals surface area contributed by atoms with E-state index in [-0.39, 0.29) is 6.61 Å². The molecule has 0 radical (unpaired) electrons. The van der Waals surface area contributed by atoms with Crippen LogP contribution in [0, 0.1) is 0 Å². The molecular formula is C18H15BrN4O. The van der Waals surface area contributed by atoms with E-state index in [0.29, 0.717) is 18.8 Å². The fraction of sp³-hybridized carbons (Fsp3) is 0.167. The van der Waals surface area contributed by atoms with Gasteiger partial charge in [-0.15, -0.1) is 5.10 Å². The molecule has 0 spiro atoms. The van der Waals surface area contributed by atoms with E-state index in [4.69, 9.17) is 4.99 Å². The third kappa shape index (κ3) is 2.68. The lowest BCUT2D eigenvalue weighted by Gasteiger charge is -2.27. The summed E-state index contributed by atoms with van der Waals surface area (Å²) < 4.78 is 0.998. The number of aliphatic hydroxyl groups excluding tert-OH is 1. The molecule has 2 aliphatic heterocycles. The molecule has 0 bridgehead atoms. The van der Waals surface area contributed by atoms with Crippen LogP contribution in [0.1, 0.15) is 11.1 Å². The molecule has 5 nitrogen and oxygen atoms in total. The molecule has 4 rings (SSSR count). The van der Waals surface area contributed by atoms with E-state index in [1.807, 2.05) is 24.3 Å². The Morgan fingerprint density at radius 1 is 1.08 bits per heavy atom. The number of halogens is 1. The Balaban J connectivity index is 1.89. The van der Waals surface area contributed by atoms with Crippen molar-refractivity contribution in [2.24, 2.45) is 15.2 Å². The number of fused-ring (bicyclic) bond motifs is 3. The Morgan fingerprint density at radius 2 is 1.92 bits per heavy atom. The summed E-state index contributed by atoms with van der Waals surface area (Å²) in [5.74, 6) is 0.793. The van der Waals surface area contributed by atoms with Crippen LogP contribution in [0.25, 0.3) is 0 Å². The van der Waals surface area contributed by atoms with Gasteiger partial charge in [0.05, 0.1) is 36.8 Å². The van der Waals surface area contributed by atoms with Crippen LogP contribution in [-0.4, -0.2) is 42.1 Å². The molecule has 0 atom stereocenters. The first-order chi connectivity index (χ1) is 11.8. The Morgan fingerprint density at radius 3 is 2.71 bits per heavy atom. The van der Waals surface area contributed by atoms with E-state index in [2.05, 4.69) is 55.3 Å². The summed E-state index contributed by atoms with van der Waals surface area (Å²) in [7, 11) is 0. The lowest BCUT2D eigenvalue weighted by Crippen LogP contribution is -2.40. The zero-order chi connectivity index (χ0) is 16.5. The molecule has 0 aliphatic carbocycles. The highest BCUT2D eigenvalue weighted by Gasteiger charge is 2.27. The predicted octanol–water partition coefficient (Wildman–Crippen LogP) is 2.87. The van der Waals surface area contributed by atoms with Gasteiger partial charge in [-0.3, -0.25) is 4.99 Å². The van der Waals surface area contributed by atoms with Gasteiger partial charge < -0.3 is 10.0 Å². The number of nitrogens with zero attached hydrogens (tertiary/aromatic N) is 4. The lowest BCUT2D eigenvalue weighted by atomic mass is 10.00. The minimum atomic E-state index is -0.0917. The summed E-state index contributed by atoms with van der Waals surface area (Å²) in [6.45, 7) is 0.895. The first kappa shape index (κ1) is 15.2. The van der Waals surface area contributed by atoms with E-state index < -0.39 is 0 Å². The minimum Gasteiger partial charge on any atom is -0.390 e. The fourth-order valence-corrected chi connectivity index (χ4v) is 3.28. The van der Waals surface area contributed by atoms with E-state index in [1.165, 1.54) is 0 Å². The fourth-order valence-electron chi connectivity index (χ4n) is 2.92. The van der Waals surface area contributed by atoms with E-state index in [0.717, 1.165) is 32.8 Å². The van der Waals surface area contributed by atoms with Gasteiger partial charge in [0.15, 0.2) is 5.84 Å². The molecule has 2 aromatic carbocycles. The molecule has 0 unspecified atom stereocenters. The molecule has 1 N–H and O–H groups in total. The van der Waals surface area contributed by atoms with Crippen molar-refractivity contribution >= 4 is 38.9 Å². The molecule has 2 aromatic rings. The molecular weight excluding hydrogens is 368 g/mol. The van der Waals surface area contributed by atoms with Crippen molar-refractivity contribution in [3.8, 4) is 0 Å². The Labute approximate surface area is 148 Å². The molecule has 6 heteroatoms. The van der Waals surface area contributed by atoms with Crippen LogP contribution in [0.2, 0.25) is 0 Å². The summed E-state index contributed by atoms with van der Waals surface area (Å²) in [6.07, 6.45) is 0. The predicted molar refractivity (Wildman–Crippen MR) is 100 cm³/mol. The van der Waals surface area contributed by atoms with Crippen LogP contribution in [0.4, 0.5) is 5.69 Å². The van der Waals surface area contributed by atoms with Crippen LogP contribution < -0.4 is 4.90 Å². The summed E-state index contributed by atoms with van der Waals surface area (Å²) >= 11 is 3.56. The van der Waals surface area contributed by atoms with Crippen molar-refractivity contribution in [2.45, 2.75) is 0 Å². The van der Waals surface area contributed by atoms with Crippen molar-refractivity contribution in [1.82, 2.24) is 0 Å². The molecule has 120 valence electrons. The zero-order valence-corrected chi connectivity index (χ0v) is 14.4. The molecule has 0 saturated heterocycles. The van der Waals surface area contributed by atoms with Gasteiger partial charge in [0.1, 0.15) is 0 Å². The molecule has 2 heterocycles. The number of aliphatic imine (C=N–C) groups is 1. The van der Waals surface area contributed by atoms with Gasteiger partial charge >= 0.3 is 0 Å². The van der Waals surface area contributed by atoms with Crippen LogP contribution in [0.5, 0.6) is 0 Å². The van der Waals surface area contributed by atoms with Crippen molar-refractivity contribution in [3.05, 3.63) is 64.1 Å². The smallest absolute Gasteiger partial charge is 0.154 e. The summed E-state index contributed by atoms with van der Waals surface area (Å²) in [5, 5.41) is 17.8. The Hall–Kier alpha value is -2.31. The highest BCUT2D eigenvalue weighted by atomic mass is 79.9. The number of hydrogen-bond acceptors (Lipinski definition) is 5. The average molecular weight is 383 g/mol. The van der Waals surface area contributed by atoms with Crippen molar-refractivity contribution in [1.29, 1.82) is 0 Å². The van der Waals surface area contributed by atoms with E-state index >= 15 is 0 Å². The van der Waals surface area contributed by atoms with Gasteiger partial charge in [0, 0.05) is 15.6 Å². The quantitative estimate of drug-likeness (QED) is 0.867. The SMILES string of the molecule is OCC1=NN=C2CN=C(c3ccccc3)c3cc(Br)ccc3N2C1. The maximum atomic E-state index is 9.41. The summed E-state index contributed by atoms with van der Waals surface area (Å²) in [5.41, 5.74) is 4.73. The topological polar surface area (TPSA) is 60.6 Å². The number of aliphatic hydroxyl groups is 1. The average Bonchev–Trinajstić information content (AvgIpc) is 2.78. The van der Waals surface area contributed by atoms with Crippen LogP contribution in [0.15, 0.2) is 68.2 Å². The number of hydrogen-bond donors (Lipinski definition) is 1. The minimum absolute atomic E-state index is 0.0917. The van der Waals surface area contributed by atoms with Crippen LogP contribution >= 0.6 is 15.9 Å². The van der Waals surface area contributed by atoms with Gasteiger partial charge in [0.2, 0.25) is 0 Å². The Bertz CT molecular complexity index is 874. The molecule has 2 aliphatic rings. The number of rotatable bonds is 2. The summed E-state index contributed by atoms with van der Waals surface area (Å²) in [4.78, 5) is 6.89. The normalized spacial score (nSPS) is 16.4. The van der Waals surface area contributed by atoms with Gasteiger partial charge in [-0.25, -0.2) is 0 Å². The summed E-state index contributed by atoms with van der Waals surface area (Å²) in [6, 6.07) is 16.3. The third-order valence-electron chi connectivity index (χ3n) is 4.07. The lowest BCUT2D eigenvalue weighted by molar-refractivity contribution is 0.355. The second-order valence-electron chi connectivity index (χ2n) is 5.62. The number of anilines is 1.